The Morgan fingerprint density at radius 2 is 2.05 bits per heavy atom. The summed E-state index contributed by atoms with van der Waals surface area (Å²) in [7, 11) is 1.74. The van der Waals surface area contributed by atoms with Gasteiger partial charge in [0.25, 0.3) is 0 Å². The summed E-state index contributed by atoms with van der Waals surface area (Å²) in [5.41, 5.74) is 8.87. The predicted octanol–water partition coefficient (Wildman–Crippen LogP) is 1.56. The molecule has 0 amide bonds. The van der Waals surface area contributed by atoms with E-state index in [-0.39, 0.29) is 5.54 Å². The van der Waals surface area contributed by atoms with E-state index in [2.05, 4.69) is 23.1 Å². The molecule has 4 nitrogen and oxygen atoms in total. The van der Waals surface area contributed by atoms with Crippen LogP contribution < -0.4 is 10.5 Å². The SMILES string of the molecule is COc1ccc(CC2(N)CC2)cc1CN1CCOCC1. The van der Waals surface area contributed by atoms with Crippen LogP contribution in [-0.2, 0) is 17.7 Å². The third-order valence-corrected chi connectivity index (χ3v) is 4.29. The summed E-state index contributed by atoms with van der Waals surface area (Å²) in [4.78, 5) is 2.42. The lowest BCUT2D eigenvalue weighted by Crippen LogP contribution is -2.35. The van der Waals surface area contributed by atoms with E-state index >= 15 is 0 Å². The second kappa shape index (κ2) is 5.72. The maximum absolute atomic E-state index is 6.23. The molecule has 4 heteroatoms. The first-order valence-corrected chi connectivity index (χ1v) is 7.43. The Kier molecular flexibility index (Phi) is 3.96. The molecule has 1 aliphatic carbocycles. The van der Waals surface area contributed by atoms with Crippen LogP contribution in [-0.4, -0.2) is 43.9 Å². The lowest BCUT2D eigenvalue weighted by Gasteiger charge is -2.27. The number of nitrogens with two attached hydrogens (primary N) is 1. The summed E-state index contributed by atoms with van der Waals surface area (Å²) in [5, 5.41) is 0. The monoisotopic (exact) mass is 276 g/mol. The van der Waals surface area contributed by atoms with Crippen LogP contribution in [0.3, 0.4) is 0 Å². The Bertz CT molecular complexity index is 466. The van der Waals surface area contributed by atoms with Gasteiger partial charge < -0.3 is 15.2 Å². The van der Waals surface area contributed by atoms with Crippen molar-refractivity contribution < 1.29 is 9.47 Å². The van der Waals surface area contributed by atoms with Crippen molar-refractivity contribution in [3.8, 4) is 5.75 Å². The maximum Gasteiger partial charge on any atom is 0.123 e. The summed E-state index contributed by atoms with van der Waals surface area (Å²) in [6.07, 6.45) is 3.28. The first-order chi connectivity index (χ1) is 9.68. The molecule has 3 rings (SSSR count). The summed E-state index contributed by atoms with van der Waals surface area (Å²) < 4.78 is 10.9. The Morgan fingerprint density at radius 3 is 2.70 bits per heavy atom. The third-order valence-electron chi connectivity index (χ3n) is 4.29. The Labute approximate surface area is 120 Å². The number of methoxy groups -OCH3 is 1. The van der Waals surface area contributed by atoms with Crippen LogP contribution in [0.2, 0.25) is 0 Å². The van der Waals surface area contributed by atoms with E-state index in [4.69, 9.17) is 15.2 Å². The van der Waals surface area contributed by atoms with E-state index in [1.54, 1.807) is 7.11 Å². The van der Waals surface area contributed by atoms with E-state index in [0.29, 0.717) is 0 Å². The number of rotatable bonds is 5. The average Bonchev–Trinajstić information content (AvgIpc) is 3.18. The molecule has 0 unspecified atom stereocenters. The fourth-order valence-corrected chi connectivity index (χ4v) is 2.81. The van der Waals surface area contributed by atoms with Crippen LogP contribution >= 0.6 is 0 Å². The first kappa shape index (κ1) is 13.9. The van der Waals surface area contributed by atoms with Gasteiger partial charge in [0.2, 0.25) is 0 Å². The minimum atomic E-state index is 0.0603. The molecular weight excluding hydrogens is 252 g/mol. The van der Waals surface area contributed by atoms with Crippen molar-refractivity contribution in [2.24, 2.45) is 5.73 Å². The van der Waals surface area contributed by atoms with Gasteiger partial charge in [0.15, 0.2) is 0 Å². The van der Waals surface area contributed by atoms with Gasteiger partial charge in [-0.3, -0.25) is 4.90 Å². The molecule has 1 aromatic carbocycles. The summed E-state index contributed by atoms with van der Waals surface area (Å²) in [5.74, 6) is 0.974. The topological polar surface area (TPSA) is 47.7 Å². The minimum Gasteiger partial charge on any atom is -0.496 e. The lowest BCUT2D eigenvalue weighted by atomic mass is 10.0. The largest absolute Gasteiger partial charge is 0.496 e. The van der Waals surface area contributed by atoms with Gasteiger partial charge in [0.05, 0.1) is 20.3 Å². The maximum atomic E-state index is 6.23. The molecule has 110 valence electrons. The highest BCUT2D eigenvalue weighted by Gasteiger charge is 2.38. The van der Waals surface area contributed by atoms with Crippen molar-refractivity contribution in [2.75, 3.05) is 33.4 Å². The second-order valence-electron chi connectivity index (χ2n) is 6.07. The zero-order valence-electron chi connectivity index (χ0n) is 12.2. The van der Waals surface area contributed by atoms with Crippen LogP contribution in [0.4, 0.5) is 0 Å². The smallest absolute Gasteiger partial charge is 0.123 e. The molecule has 1 aliphatic heterocycles. The van der Waals surface area contributed by atoms with Gasteiger partial charge in [-0.05, 0) is 30.9 Å². The minimum absolute atomic E-state index is 0.0603. The van der Waals surface area contributed by atoms with Crippen LogP contribution in [0.25, 0.3) is 0 Å². The van der Waals surface area contributed by atoms with Gasteiger partial charge in [-0.2, -0.15) is 0 Å². The van der Waals surface area contributed by atoms with E-state index in [0.717, 1.165) is 57.9 Å². The van der Waals surface area contributed by atoms with Gasteiger partial charge >= 0.3 is 0 Å². The Balaban J connectivity index is 1.73. The average molecular weight is 276 g/mol. The third kappa shape index (κ3) is 3.32. The number of ether oxygens (including phenoxy) is 2. The Hall–Kier alpha value is -1.10. The molecule has 2 fully saturated rings. The van der Waals surface area contributed by atoms with E-state index < -0.39 is 0 Å². The van der Waals surface area contributed by atoms with Crippen molar-refractivity contribution in [1.82, 2.24) is 4.90 Å². The van der Waals surface area contributed by atoms with Gasteiger partial charge in [-0.25, -0.2) is 0 Å². The molecule has 1 heterocycles. The Morgan fingerprint density at radius 1 is 1.30 bits per heavy atom. The zero-order chi connectivity index (χ0) is 14.0. The highest BCUT2D eigenvalue weighted by Crippen LogP contribution is 2.36. The van der Waals surface area contributed by atoms with Gasteiger partial charge in [-0.15, -0.1) is 0 Å². The van der Waals surface area contributed by atoms with E-state index in [9.17, 15) is 0 Å². The molecule has 0 aromatic heterocycles. The van der Waals surface area contributed by atoms with Gasteiger partial charge in [0.1, 0.15) is 5.75 Å². The molecule has 0 spiro atoms. The molecule has 2 aliphatic rings. The number of hydrogen-bond acceptors (Lipinski definition) is 4. The van der Waals surface area contributed by atoms with Crippen LogP contribution in [0.5, 0.6) is 5.75 Å². The number of morpholine rings is 1. The highest BCUT2D eigenvalue weighted by molar-refractivity contribution is 5.38. The van der Waals surface area contributed by atoms with E-state index in [1.807, 2.05) is 0 Å². The predicted molar refractivity (Wildman–Crippen MR) is 78.9 cm³/mol. The number of hydrogen-bond donors (Lipinski definition) is 1. The van der Waals surface area contributed by atoms with Crippen molar-refractivity contribution in [3.05, 3.63) is 29.3 Å². The molecule has 1 saturated carbocycles. The first-order valence-electron chi connectivity index (χ1n) is 7.43. The van der Waals surface area contributed by atoms with Crippen LogP contribution in [0.1, 0.15) is 24.0 Å². The van der Waals surface area contributed by atoms with Crippen molar-refractivity contribution in [2.45, 2.75) is 31.3 Å². The molecule has 2 N–H and O–H groups in total. The number of benzene rings is 1. The zero-order valence-corrected chi connectivity index (χ0v) is 12.2. The van der Waals surface area contributed by atoms with Crippen LogP contribution in [0.15, 0.2) is 18.2 Å². The van der Waals surface area contributed by atoms with Gasteiger partial charge in [0, 0.05) is 30.7 Å². The molecule has 1 aromatic rings. The lowest BCUT2D eigenvalue weighted by molar-refractivity contribution is 0.0339. The van der Waals surface area contributed by atoms with Crippen molar-refractivity contribution in [1.29, 1.82) is 0 Å². The molecule has 1 saturated heterocycles. The summed E-state index contributed by atoms with van der Waals surface area (Å²) in [6.45, 7) is 4.57. The molecule has 0 bridgehead atoms. The van der Waals surface area contributed by atoms with Crippen molar-refractivity contribution >= 4 is 0 Å². The molecule has 0 atom stereocenters. The molecular formula is C16H24N2O2. The summed E-state index contributed by atoms with van der Waals surface area (Å²) >= 11 is 0. The quantitative estimate of drug-likeness (QED) is 0.886. The van der Waals surface area contributed by atoms with Crippen LogP contribution in [0, 0.1) is 0 Å². The highest BCUT2D eigenvalue weighted by atomic mass is 16.5. The van der Waals surface area contributed by atoms with Gasteiger partial charge in [-0.1, -0.05) is 12.1 Å². The normalized spacial score (nSPS) is 21.7. The standard InChI is InChI=1S/C16H24N2O2/c1-19-15-3-2-13(11-16(17)4-5-16)10-14(15)12-18-6-8-20-9-7-18/h2-3,10H,4-9,11-12,17H2,1H3. The van der Waals surface area contributed by atoms with E-state index in [1.165, 1.54) is 11.1 Å². The van der Waals surface area contributed by atoms with Crippen molar-refractivity contribution in [3.63, 3.8) is 0 Å². The number of nitrogens with zero attached hydrogens (tertiary/aromatic N) is 1. The fraction of sp³-hybridized carbons (Fsp3) is 0.625. The molecule has 20 heavy (non-hydrogen) atoms. The summed E-state index contributed by atoms with van der Waals surface area (Å²) in [6, 6.07) is 6.49. The second-order valence-corrected chi connectivity index (χ2v) is 6.07. The fourth-order valence-electron chi connectivity index (χ4n) is 2.81. The molecule has 0 radical (unpaired) electrons.